The van der Waals surface area contributed by atoms with Crippen LogP contribution in [0.3, 0.4) is 0 Å². The Balaban J connectivity index is 1.56. The van der Waals surface area contributed by atoms with Gasteiger partial charge in [-0.15, -0.1) is 0 Å². The highest BCUT2D eigenvalue weighted by Gasteiger charge is 2.39. The van der Waals surface area contributed by atoms with Crippen molar-refractivity contribution in [2.45, 2.75) is 19.4 Å². The number of nitrogens with one attached hydrogen (secondary N) is 2. The van der Waals surface area contributed by atoms with Gasteiger partial charge in [0.2, 0.25) is 5.91 Å². The quantitative estimate of drug-likeness (QED) is 0.731. The first kappa shape index (κ1) is 9.57. The minimum Gasteiger partial charge on any atom is -0.349 e. The number of nitrogens with zero attached hydrogens (tertiary/aromatic N) is 2. The predicted molar refractivity (Wildman–Crippen MR) is 57.1 cm³/mol. The first-order chi connectivity index (χ1) is 7.83. The number of carbonyl (C=O) groups is 1. The van der Waals surface area contributed by atoms with E-state index in [2.05, 4.69) is 32.7 Å². The summed E-state index contributed by atoms with van der Waals surface area (Å²) in [5.41, 5.74) is 0. The minimum atomic E-state index is 0.147. The third-order valence-electron chi connectivity index (χ3n) is 3.51. The molecule has 1 amide bonds. The Bertz CT molecular complexity index is 412. The Kier molecular flexibility index (Phi) is 2.23. The van der Waals surface area contributed by atoms with Crippen LogP contribution in [0, 0.1) is 17.8 Å². The van der Waals surface area contributed by atoms with Crippen LogP contribution in [0.2, 0.25) is 0 Å². The molecular weight excluding hydrogens is 204 g/mol. The van der Waals surface area contributed by atoms with Gasteiger partial charge in [-0.2, -0.15) is 5.10 Å². The SMILES string of the molecule is O=C(NCc1ncn[nH]1)C1CC2C=CC1C2. The van der Waals surface area contributed by atoms with Gasteiger partial charge in [-0.1, -0.05) is 12.2 Å². The van der Waals surface area contributed by atoms with E-state index in [-0.39, 0.29) is 11.8 Å². The monoisotopic (exact) mass is 218 g/mol. The van der Waals surface area contributed by atoms with Gasteiger partial charge in [-0.05, 0) is 24.7 Å². The summed E-state index contributed by atoms with van der Waals surface area (Å²) < 4.78 is 0. The summed E-state index contributed by atoms with van der Waals surface area (Å²) in [7, 11) is 0. The number of allylic oxidation sites excluding steroid dienone is 2. The van der Waals surface area contributed by atoms with E-state index in [1.807, 2.05) is 0 Å². The lowest BCUT2D eigenvalue weighted by molar-refractivity contribution is -0.125. The minimum absolute atomic E-state index is 0.147. The molecule has 1 fully saturated rings. The van der Waals surface area contributed by atoms with Crippen molar-refractivity contribution in [3.05, 3.63) is 24.3 Å². The van der Waals surface area contributed by atoms with Gasteiger partial charge in [0.25, 0.3) is 0 Å². The maximum absolute atomic E-state index is 11.9. The van der Waals surface area contributed by atoms with Crippen LogP contribution >= 0.6 is 0 Å². The van der Waals surface area contributed by atoms with Crippen molar-refractivity contribution >= 4 is 5.91 Å². The van der Waals surface area contributed by atoms with E-state index in [1.165, 1.54) is 6.33 Å². The summed E-state index contributed by atoms with van der Waals surface area (Å²) in [5.74, 6) is 2.10. The lowest BCUT2D eigenvalue weighted by Crippen LogP contribution is -2.32. The van der Waals surface area contributed by atoms with Gasteiger partial charge in [0, 0.05) is 5.92 Å². The average molecular weight is 218 g/mol. The molecule has 0 aromatic carbocycles. The molecule has 5 heteroatoms. The molecule has 84 valence electrons. The van der Waals surface area contributed by atoms with Crippen LogP contribution in [-0.4, -0.2) is 21.1 Å². The van der Waals surface area contributed by atoms with Crippen molar-refractivity contribution in [3.8, 4) is 0 Å². The van der Waals surface area contributed by atoms with E-state index in [0.717, 1.165) is 12.8 Å². The molecule has 0 saturated heterocycles. The van der Waals surface area contributed by atoms with E-state index in [4.69, 9.17) is 0 Å². The Morgan fingerprint density at radius 1 is 1.50 bits per heavy atom. The molecule has 1 aromatic rings. The fourth-order valence-electron chi connectivity index (χ4n) is 2.70. The van der Waals surface area contributed by atoms with E-state index in [9.17, 15) is 4.79 Å². The molecule has 2 aliphatic rings. The maximum Gasteiger partial charge on any atom is 0.224 e. The average Bonchev–Trinajstić information content (AvgIpc) is 3.01. The Labute approximate surface area is 93.3 Å². The first-order valence-corrected chi connectivity index (χ1v) is 5.63. The van der Waals surface area contributed by atoms with Gasteiger partial charge in [0.05, 0.1) is 6.54 Å². The highest BCUT2D eigenvalue weighted by atomic mass is 16.1. The van der Waals surface area contributed by atoms with Crippen molar-refractivity contribution in [3.63, 3.8) is 0 Å². The van der Waals surface area contributed by atoms with Crippen molar-refractivity contribution in [2.75, 3.05) is 0 Å². The molecule has 0 radical (unpaired) electrons. The number of amides is 1. The Morgan fingerprint density at radius 2 is 2.44 bits per heavy atom. The van der Waals surface area contributed by atoms with Crippen molar-refractivity contribution in [2.24, 2.45) is 17.8 Å². The molecule has 1 saturated carbocycles. The molecule has 0 spiro atoms. The Morgan fingerprint density at radius 3 is 3.06 bits per heavy atom. The fraction of sp³-hybridized carbons (Fsp3) is 0.545. The molecule has 1 aromatic heterocycles. The van der Waals surface area contributed by atoms with E-state index < -0.39 is 0 Å². The number of hydrogen-bond donors (Lipinski definition) is 2. The standard InChI is InChI=1S/C11H14N4O/c16-11(12-5-10-13-6-14-15-10)9-4-7-1-2-8(9)3-7/h1-2,6-9H,3-5H2,(H,12,16)(H,13,14,15). The molecule has 16 heavy (non-hydrogen) atoms. The molecule has 2 aliphatic carbocycles. The van der Waals surface area contributed by atoms with Gasteiger partial charge in [-0.25, -0.2) is 4.98 Å². The second-order valence-electron chi connectivity index (χ2n) is 4.54. The second kappa shape index (κ2) is 3.73. The molecule has 1 heterocycles. The second-order valence-corrected chi connectivity index (χ2v) is 4.54. The number of aromatic amines is 1. The molecule has 3 rings (SSSR count). The highest BCUT2D eigenvalue weighted by molar-refractivity contribution is 5.79. The number of hydrogen-bond acceptors (Lipinski definition) is 3. The van der Waals surface area contributed by atoms with Crippen LogP contribution in [0.1, 0.15) is 18.7 Å². The molecule has 2 N–H and O–H groups in total. The van der Waals surface area contributed by atoms with E-state index in [1.54, 1.807) is 0 Å². The van der Waals surface area contributed by atoms with Crippen molar-refractivity contribution < 1.29 is 4.79 Å². The Hall–Kier alpha value is -1.65. The summed E-state index contributed by atoms with van der Waals surface area (Å²) in [6.45, 7) is 0.441. The van der Waals surface area contributed by atoms with Gasteiger partial charge < -0.3 is 5.32 Å². The van der Waals surface area contributed by atoms with Gasteiger partial charge >= 0.3 is 0 Å². The molecule has 0 aliphatic heterocycles. The number of carbonyl (C=O) groups excluding carboxylic acids is 1. The summed E-state index contributed by atoms with van der Waals surface area (Å²) >= 11 is 0. The molecule has 2 bridgehead atoms. The first-order valence-electron chi connectivity index (χ1n) is 5.63. The van der Waals surface area contributed by atoms with E-state index in [0.29, 0.717) is 24.2 Å². The zero-order chi connectivity index (χ0) is 11.0. The number of fused-ring (bicyclic) bond motifs is 2. The highest BCUT2D eigenvalue weighted by Crippen LogP contribution is 2.43. The maximum atomic E-state index is 11.9. The molecular formula is C11H14N4O. The lowest BCUT2D eigenvalue weighted by atomic mass is 9.93. The third-order valence-corrected chi connectivity index (χ3v) is 3.51. The van der Waals surface area contributed by atoms with Gasteiger partial charge in [0.15, 0.2) is 0 Å². The lowest BCUT2D eigenvalue weighted by Gasteiger charge is -2.16. The van der Waals surface area contributed by atoms with Gasteiger partial charge in [0.1, 0.15) is 12.2 Å². The van der Waals surface area contributed by atoms with Crippen LogP contribution in [0.25, 0.3) is 0 Å². The predicted octanol–water partition coefficient (Wildman–Crippen LogP) is 0.633. The number of rotatable bonds is 3. The summed E-state index contributed by atoms with van der Waals surface area (Å²) in [4.78, 5) is 15.9. The smallest absolute Gasteiger partial charge is 0.224 e. The normalized spacial score (nSPS) is 30.9. The fourth-order valence-corrected chi connectivity index (χ4v) is 2.70. The van der Waals surface area contributed by atoms with Crippen LogP contribution in [-0.2, 0) is 11.3 Å². The molecule has 3 unspecified atom stereocenters. The van der Waals surface area contributed by atoms with Crippen LogP contribution in [0.4, 0.5) is 0 Å². The number of aromatic nitrogens is 3. The molecule has 5 nitrogen and oxygen atoms in total. The van der Waals surface area contributed by atoms with E-state index >= 15 is 0 Å². The van der Waals surface area contributed by atoms with Crippen molar-refractivity contribution in [1.29, 1.82) is 0 Å². The van der Waals surface area contributed by atoms with Crippen molar-refractivity contribution in [1.82, 2.24) is 20.5 Å². The van der Waals surface area contributed by atoms with Crippen LogP contribution < -0.4 is 5.32 Å². The molecule has 3 atom stereocenters. The number of H-pyrrole nitrogens is 1. The van der Waals surface area contributed by atoms with Gasteiger partial charge in [-0.3, -0.25) is 9.89 Å². The summed E-state index contributed by atoms with van der Waals surface area (Å²) in [5, 5.41) is 9.37. The topological polar surface area (TPSA) is 70.7 Å². The zero-order valence-electron chi connectivity index (χ0n) is 8.89. The van der Waals surface area contributed by atoms with Crippen LogP contribution in [0.5, 0.6) is 0 Å². The zero-order valence-corrected chi connectivity index (χ0v) is 8.89. The van der Waals surface area contributed by atoms with Crippen LogP contribution in [0.15, 0.2) is 18.5 Å². The third kappa shape index (κ3) is 1.62. The largest absolute Gasteiger partial charge is 0.349 e. The summed E-state index contributed by atoms with van der Waals surface area (Å²) in [6, 6.07) is 0. The summed E-state index contributed by atoms with van der Waals surface area (Å²) in [6.07, 6.45) is 8.03.